The Morgan fingerprint density at radius 1 is 1.15 bits per heavy atom. The van der Waals surface area contributed by atoms with Crippen LogP contribution in [0.1, 0.15) is 53.5 Å². The number of aryl methyl sites for hydroxylation is 1. The maximum atomic E-state index is 12.4. The molecular weight excluding hydrogens is 528 g/mol. The molecule has 0 saturated carbocycles. The van der Waals surface area contributed by atoms with Crippen molar-refractivity contribution in [3.05, 3.63) is 36.0 Å². The summed E-state index contributed by atoms with van der Waals surface area (Å²) in [6.07, 6.45) is 3.08. The number of amides is 2. The summed E-state index contributed by atoms with van der Waals surface area (Å²) in [5, 5.41) is 10.4. The third-order valence-electron chi connectivity index (χ3n) is 6.57. The number of carbonyl (C=O) groups excluding carboxylic acids is 2. The van der Waals surface area contributed by atoms with Gasteiger partial charge in [0.2, 0.25) is 11.9 Å². The van der Waals surface area contributed by atoms with Gasteiger partial charge in [-0.1, -0.05) is 12.1 Å². The summed E-state index contributed by atoms with van der Waals surface area (Å²) in [7, 11) is 0. The lowest BCUT2D eigenvalue weighted by Gasteiger charge is -2.29. The first-order valence-electron chi connectivity index (χ1n) is 14.0. The molecule has 226 valence electrons. The number of aromatic nitrogens is 2. The van der Waals surface area contributed by atoms with Crippen molar-refractivity contribution in [3.8, 4) is 5.75 Å². The van der Waals surface area contributed by atoms with Crippen LogP contribution in [-0.2, 0) is 20.7 Å². The van der Waals surface area contributed by atoms with Crippen molar-refractivity contribution in [3.63, 3.8) is 0 Å². The molecule has 1 aromatic heterocycles. The van der Waals surface area contributed by atoms with Gasteiger partial charge in [0.25, 0.3) is 6.47 Å². The van der Waals surface area contributed by atoms with Gasteiger partial charge in [0.05, 0.1) is 19.4 Å². The number of carbonyl (C=O) groups is 3. The second-order valence-electron chi connectivity index (χ2n) is 9.86. The molecule has 2 aromatic rings. The molecule has 1 aliphatic heterocycles. The molecule has 0 spiro atoms. The smallest absolute Gasteiger partial charge is 0.415 e. The lowest BCUT2D eigenvalue weighted by Crippen LogP contribution is -2.42. The van der Waals surface area contributed by atoms with Crippen LogP contribution in [0.25, 0.3) is 0 Å². The van der Waals surface area contributed by atoms with Gasteiger partial charge in [0.15, 0.2) is 5.82 Å². The van der Waals surface area contributed by atoms with Gasteiger partial charge in [-0.2, -0.15) is 4.98 Å². The largest absolute Gasteiger partial charge is 0.483 e. The summed E-state index contributed by atoms with van der Waals surface area (Å²) >= 11 is 0. The van der Waals surface area contributed by atoms with Crippen molar-refractivity contribution in [2.45, 2.75) is 66.5 Å². The van der Waals surface area contributed by atoms with E-state index in [-0.39, 0.29) is 30.6 Å². The van der Waals surface area contributed by atoms with Gasteiger partial charge >= 0.3 is 6.09 Å². The average molecular weight is 573 g/mol. The summed E-state index contributed by atoms with van der Waals surface area (Å²) in [4.78, 5) is 48.0. The van der Waals surface area contributed by atoms with Crippen LogP contribution in [0, 0.1) is 0 Å². The molecule has 1 fully saturated rings. The van der Waals surface area contributed by atoms with E-state index in [9.17, 15) is 9.59 Å². The predicted octanol–water partition coefficient (Wildman–Crippen LogP) is 4.05. The number of nitrogens with one attached hydrogen (secondary N) is 1. The van der Waals surface area contributed by atoms with E-state index < -0.39 is 0 Å². The van der Waals surface area contributed by atoms with Crippen LogP contribution in [0.2, 0.25) is 0 Å². The SMILES string of the molecule is CCN(CC)c1ncc(N(C(C)=O)C(C)C)c(N[C@H](C)CCc2ccc(OC(=O)N3CCOCC3)cc2)n1.O=CO. The molecule has 2 N–H and O–H groups in total. The molecule has 1 aromatic carbocycles. The minimum absolute atomic E-state index is 0.0258. The molecule has 12 nitrogen and oxygen atoms in total. The van der Waals surface area contributed by atoms with Gasteiger partial charge in [-0.25, -0.2) is 9.78 Å². The first kappa shape index (κ1) is 33.3. The first-order valence-corrected chi connectivity index (χ1v) is 14.0. The Hall–Kier alpha value is -3.93. The van der Waals surface area contributed by atoms with Crippen LogP contribution in [-0.4, -0.2) is 89.9 Å². The Bertz CT molecular complexity index is 1100. The van der Waals surface area contributed by atoms with Crippen LogP contribution in [0.3, 0.4) is 0 Å². The minimum Gasteiger partial charge on any atom is -0.483 e. The number of nitrogens with zero attached hydrogens (tertiary/aromatic N) is 5. The summed E-state index contributed by atoms with van der Waals surface area (Å²) in [6.45, 7) is 15.3. The zero-order chi connectivity index (χ0) is 30.4. The first-order chi connectivity index (χ1) is 19.6. The van der Waals surface area contributed by atoms with E-state index in [1.165, 1.54) is 0 Å². The quantitative estimate of drug-likeness (QED) is 0.379. The maximum Gasteiger partial charge on any atom is 0.415 e. The Morgan fingerprint density at radius 3 is 2.29 bits per heavy atom. The van der Waals surface area contributed by atoms with Gasteiger partial charge in [0.1, 0.15) is 11.4 Å². The van der Waals surface area contributed by atoms with E-state index in [2.05, 4.69) is 36.0 Å². The molecule has 0 bridgehead atoms. The van der Waals surface area contributed by atoms with E-state index in [1.807, 2.05) is 38.1 Å². The van der Waals surface area contributed by atoms with Crippen LogP contribution in [0.15, 0.2) is 30.5 Å². The topological polar surface area (TPSA) is 137 Å². The highest BCUT2D eigenvalue weighted by Gasteiger charge is 2.23. The number of hydrogen-bond acceptors (Lipinski definition) is 9. The van der Waals surface area contributed by atoms with Crippen LogP contribution in [0.4, 0.5) is 22.2 Å². The van der Waals surface area contributed by atoms with Crippen molar-refractivity contribution in [2.24, 2.45) is 0 Å². The standard InChI is InChI=1S/C28H42N6O4.CH2O2/c1-7-32(8-2)27-29-19-25(34(20(3)4)22(6)35)26(31-27)30-21(5)9-10-23-11-13-24(14-12-23)38-28(36)33-15-17-37-18-16-33;2-1-3/h11-14,19-21H,7-10,15-18H2,1-6H3,(H,29,30,31);1H,(H,2,3)/t21-;/m1./s1. The van der Waals surface area contributed by atoms with Crippen molar-refractivity contribution < 1.29 is 29.0 Å². The molecule has 12 heteroatoms. The zero-order valence-corrected chi connectivity index (χ0v) is 25.0. The fourth-order valence-electron chi connectivity index (χ4n) is 4.44. The van der Waals surface area contributed by atoms with E-state index in [4.69, 9.17) is 24.4 Å². The van der Waals surface area contributed by atoms with Gasteiger partial charge in [-0.05, 0) is 65.2 Å². The molecule has 1 saturated heterocycles. The van der Waals surface area contributed by atoms with Crippen LogP contribution >= 0.6 is 0 Å². The maximum absolute atomic E-state index is 12.4. The Morgan fingerprint density at radius 2 is 1.76 bits per heavy atom. The normalized spacial score (nSPS) is 13.5. The lowest BCUT2D eigenvalue weighted by molar-refractivity contribution is -0.123. The monoisotopic (exact) mass is 572 g/mol. The molecule has 3 rings (SSSR count). The van der Waals surface area contributed by atoms with Crippen molar-refractivity contribution in [2.75, 3.05) is 54.5 Å². The van der Waals surface area contributed by atoms with E-state index >= 15 is 0 Å². The molecule has 2 heterocycles. The number of anilines is 3. The molecule has 0 aliphatic carbocycles. The summed E-state index contributed by atoms with van der Waals surface area (Å²) in [5.41, 5.74) is 1.82. The number of carboxylic acid groups (broad SMARTS) is 1. The van der Waals surface area contributed by atoms with Gasteiger partial charge in [-0.3, -0.25) is 9.59 Å². The van der Waals surface area contributed by atoms with E-state index in [0.717, 1.165) is 31.5 Å². The minimum atomic E-state index is -0.343. The third-order valence-corrected chi connectivity index (χ3v) is 6.57. The molecular formula is C29H44N6O6. The summed E-state index contributed by atoms with van der Waals surface area (Å²) in [6, 6.07) is 7.70. The molecule has 0 radical (unpaired) electrons. The Balaban J connectivity index is 0.00000187. The highest BCUT2D eigenvalue weighted by atomic mass is 16.6. The van der Waals surface area contributed by atoms with Gasteiger partial charge in [-0.15, -0.1) is 0 Å². The highest BCUT2D eigenvalue weighted by molar-refractivity contribution is 5.95. The third kappa shape index (κ3) is 10.2. The lowest BCUT2D eigenvalue weighted by atomic mass is 10.1. The molecule has 0 unspecified atom stereocenters. The number of morpholine rings is 1. The molecule has 2 amide bonds. The number of benzene rings is 1. The van der Waals surface area contributed by atoms with Crippen molar-refractivity contribution in [1.82, 2.24) is 14.9 Å². The number of hydrogen-bond donors (Lipinski definition) is 2. The molecule has 41 heavy (non-hydrogen) atoms. The summed E-state index contributed by atoms with van der Waals surface area (Å²) in [5.74, 6) is 1.78. The van der Waals surface area contributed by atoms with Crippen LogP contribution in [0.5, 0.6) is 5.75 Å². The number of rotatable bonds is 11. The number of ether oxygens (including phenoxy) is 2. The second kappa shape index (κ2) is 17.0. The Kier molecular flexibility index (Phi) is 13.8. The fourth-order valence-corrected chi connectivity index (χ4v) is 4.44. The van der Waals surface area contributed by atoms with E-state index in [0.29, 0.717) is 49.5 Å². The summed E-state index contributed by atoms with van der Waals surface area (Å²) < 4.78 is 10.8. The molecule has 1 aliphatic rings. The predicted molar refractivity (Wildman–Crippen MR) is 159 cm³/mol. The van der Waals surface area contributed by atoms with Crippen LogP contribution < -0.4 is 19.9 Å². The highest BCUT2D eigenvalue weighted by Crippen LogP contribution is 2.28. The second-order valence-corrected chi connectivity index (χ2v) is 9.86. The zero-order valence-electron chi connectivity index (χ0n) is 25.0. The van der Waals surface area contributed by atoms with Gasteiger partial charge < -0.3 is 34.6 Å². The average Bonchev–Trinajstić information content (AvgIpc) is 2.95. The molecule has 1 atom stereocenters. The van der Waals surface area contributed by atoms with Crippen molar-refractivity contribution in [1.29, 1.82) is 0 Å². The van der Waals surface area contributed by atoms with E-state index in [1.54, 1.807) is 22.9 Å². The fraction of sp³-hybridized carbons (Fsp3) is 0.552. The van der Waals surface area contributed by atoms with Gasteiger partial charge in [0, 0.05) is 45.2 Å². The Labute approximate surface area is 242 Å². The van der Waals surface area contributed by atoms with Crippen molar-refractivity contribution >= 4 is 35.9 Å².